The zero-order chi connectivity index (χ0) is 11.8. The number of amides is 1. The van der Waals surface area contributed by atoms with Gasteiger partial charge >= 0.3 is 6.09 Å². The highest BCUT2D eigenvalue weighted by Crippen LogP contribution is 2.04. The molecule has 0 radical (unpaired) electrons. The van der Waals surface area contributed by atoms with E-state index in [1.165, 1.54) is 0 Å². The van der Waals surface area contributed by atoms with Crippen molar-refractivity contribution in [2.75, 3.05) is 13.2 Å². The van der Waals surface area contributed by atoms with E-state index in [1.807, 2.05) is 6.07 Å². The van der Waals surface area contributed by atoms with Crippen molar-refractivity contribution in [3.05, 3.63) is 35.4 Å². The van der Waals surface area contributed by atoms with Crippen LogP contribution in [0.2, 0.25) is 0 Å². The van der Waals surface area contributed by atoms with Gasteiger partial charge in [0.2, 0.25) is 0 Å². The molecule has 1 aromatic carbocycles. The number of alkyl carbamates (subject to hydrolysis) is 1. The Morgan fingerprint density at radius 3 is 2.69 bits per heavy atom. The summed E-state index contributed by atoms with van der Waals surface area (Å²) in [6, 6.07) is 8.75. The van der Waals surface area contributed by atoms with Crippen LogP contribution in [0.3, 0.4) is 0 Å². The van der Waals surface area contributed by atoms with Crippen LogP contribution in [0.4, 0.5) is 4.79 Å². The van der Waals surface area contributed by atoms with Gasteiger partial charge in [-0.25, -0.2) is 4.79 Å². The maximum atomic E-state index is 11.0. The van der Waals surface area contributed by atoms with Crippen molar-refractivity contribution >= 4 is 6.09 Å². The molecule has 1 aromatic rings. The van der Waals surface area contributed by atoms with Gasteiger partial charge in [0.25, 0.3) is 0 Å². The van der Waals surface area contributed by atoms with Crippen molar-refractivity contribution in [3.63, 3.8) is 0 Å². The molecule has 84 valence electrons. The zero-order valence-electron chi connectivity index (χ0n) is 8.64. The monoisotopic (exact) mass is 220 g/mol. The first-order chi connectivity index (χ1) is 7.76. The molecule has 0 aliphatic carbocycles. The number of carbonyl (C=O) groups excluding carboxylic acids is 1. The van der Waals surface area contributed by atoms with Crippen LogP contribution in [0.25, 0.3) is 0 Å². The molecule has 0 atom stereocenters. The van der Waals surface area contributed by atoms with Gasteiger partial charge in [0.15, 0.2) is 0 Å². The summed E-state index contributed by atoms with van der Waals surface area (Å²) in [5, 5.41) is 19.4. The lowest BCUT2D eigenvalue weighted by Crippen LogP contribution is -2.26. The number of carbonyl (C=O) groups is 1. The highest BCUT2D eigenvalue weighted by molar-refractivity contribution is 5.67. The number of benzene rings is 1. The first-order valence-electron chi connectivity index (χ1n) is 4.77. The lowest BCUT2D eigenvalue weighted by Gasteiger charge is -2.05. The Bertz CT molecular complexity index is 381. The third kappa shape index (κ3) is 3.98. The fraction of sp³-hybridized carbons (Fsp3) is 0.273. The van der Waals surface area contributed by atoms with E-state index in [4.69, 9.17) is 15.1 Å². The van der Waals surface area contributed by atoms with Gasteiger partial charge in [0.05, 0.1) is 18.2 Å². The average molecular weight is 220 g/mol. The fourth-order valence-electron chi connectivity index (χ4n) is 1.03. The minimum absolute atomic E-state index is 0.119. The molecule has 0 aliphatic heterocycles. The summed E-state index contributed by atoms with van der Waals surface area (Å²) >= 11 is 0. The minimum atomic E-state index is -0.571. The topological polar surface area (TPSA) is 82.3 Å². The summed E-state index contributed by atoms with van der Waals surface area (Å²) in [6.07, 6.45) is -0.571. The number of hydrogen-bond donors (Lipinski definition) is 2. The number of aliphatic hydroxyl groups excluding tert-OH is 1. The van der Waals surface area contributed by atoms with E-state index >= 15 is 0 Å². The van der Waals surface area contributed by atoms with Crippen molar-refractivity contribution in [1.82, 2.24) is 5.32 Å². The second-order valence-corrected chi connectivity index (χ2v) is 3.04. The zero-order valence-corrected chi connectivity index (χ0v) is 8.64. The van der Waals surface area contributed by atoms with Crippen LogP contribution in [0.1, 0.15) is 11.1 Å². The molecule has 2 N–H and O–H groups in total. The van der Waals surface area contributed by atoms with Crippen molar-refractivity contribution in [2.45, 2.75) is 6.61 Å². The summed E-state index contributed by atoms with van der Waals surface area (Å²) in [6.45, 7) is 0.196. The Balaban J connectivity index is 2.37. The Labute approximate surface area is 93.3 Å². The van der Waals surface area contributed by atoms with Crippen LogP contribution in [-0.4, -0.2) is 24.4 Å². The summed E-state index contributed by atoms with van der Waals surface area (Å²) in [5.74, 6) is 0. The van der Waals surface area contributed by atoms with Gasteiger partial charge in [-0.3, -0.25) is 0 Å². The summed E-state index contributed by atoms with van der Waals surface area (Å²) in [5.41, 5.74) is 1.37. The number of rotatable bonds is 4. The molecule has 0 aromatic heterocycles. The van der Waals surface area contributed by atoms with Crippen LogP contribution in [0.5, 0.6) is 0 Å². The molecule has 0 saturated heterocycles. The van der Waals surface area contributed by atoms with Crippen LogP contribution in [0.15, 0.2) is 24.3 Å². The predicted molar refractivity (Wildman–Crippen MR) is 56.4 cm³/mol. The molecule has 1 rings (SSSR count). The predicted octanol–water partition coefficient (Wildman–Crippen LogP) is 0.777. The molecule has 0 saturated carbocycles. The van der Waals surface area contributed by atoms with Gasteiger partial charge in [-0.1, -0.05) is 12.1 Å². The third-order valence-corrected chi connectivity index (χ3v) is 1.83. The number of nitriles is 1. The maximum absolute atomic E-state index is 11.0. The van der Waals surface area contributed by atoms with Crippen LogP contribution in [0, 0.1) is 11.3 Å². The summed E-state index contributed by atoms with van der Waals surface area (Å²) in [4.78, 5) is 11.0. The van der Waals surface area contributed by atoms with Crippen LogP contribution in [-0.2, 0) is 11.3 Å². The van der Waals surface area contributed by atoms with Crippen molar-refractivity contribution < 1.29 is 14.6 Å². The minimum Gasteiger partial charge on any atom is -0.445 e. The molecule has 0 bridgehead atoms. The van der Waals surface area contributed by atoms with Crippen molar-refractivity contribution in [2.24, 2.45) is 0 Å². The number of nitrogens with one attached hydrogen (secondary N) is 1. The molecule has 0 aliphatic rings. The lowest BCUT2D eigenvalue weighted by atomic mass is 10.2. The quantitative estimate of drug-likeness (QED) is 0.785. The van der Waals surface area contributed by atoms with E-state index in [2.05, 4.69) is 5.32 Å². The van der Waals surface area contributed by atoms with Gasteiger partial charge in [-0.2, -0.15) is 5.26 Å². The number of ether oxygens (including phenoxy) is 1. The van der Waals surface area contributed by atoms with Crippen molar-refractivity contribution in [1.29, 1.82) is 5.26 Å². The largest absolute Gasteiger partial charge is 0.445 e. The van der Waals surface area contributed by atoms with E-state index in [9.17, 15) is 4.79 Å². The first kappa shape index (κ1) is 12.0. The van der Waals surface area contributed by atoms with Gasteiger partial charge in [0, 0.05) is 6.54 Å². The van der Waals surface area contributed by atoms with Gasteiger partial charge in [-0.05, 0) is 17.7 Å². The number of aliphatic hydroxyl groups is 1. The third-order valence-electron chi connectivity index (χ3n) is 1.83. The Kier molecular flexibility index (Phi) is 4.83. The van der Waals surface area contributed by atoms with E-state index in [1.54, 1.807) is 24.3 Å². The molecule has 5 heteroatoms. The Morgan fingerprint density at radius 2 is 2.12 bits per heavy atom. The normalized spacial score (nSPS) is 9.25. The van der Waals surface area contributed by atoms with E-state index in [0.717, 1.165) is 5.56 Å². The number of hydrogen-bond acceptors (Lipinski definition) is 4. The van der Waals surface area contributed by atoms with Gasteiger partial charge in [-0.15, -0.1) is 0 Å². The molecule has 0 fully saturated rings. The molecular weight excluding hydrogens is 208 g/mol. The maximum Gasteiger partial charge on any atom is 0.407 e. The Morgan fingerprint density at radius 1 is 1.44 bits per heavy atom. The van der Waals surface area contributed by atoms with E-state index in [0.29, 0.717) is 5.56 Å². The molecule has 0 unspecified atom stereocenters. The summed E-state index contributed by atoms with van der Waals surface area (Å²) in [7, 11) is 0. The van der Waals surface area contributed by atoms with Gasteiger partial charge < -0.3 is 15.2 Å². The first-order valence-corrected chi connectivity index (χ1v) is 4.77. The standard InChI is InChI=1S/C11H12N2O3/c12-7-9-1-3-10(4-2-9)8-16-11(15)13-5-6-14/h1-4,14H,5-6,8H2,(H,13,15). The SMILES string of the molecule is N#Cc1ccc(COC(=O)NCCO)cc1. The molecule has 1 amide bonds. The highest BCUT2D eigenvalue weighted by atomic mass is 16.5. The molecule has 16 heavy (non-hydrogen) atoms. The van der Waals surface area contributed by atoms with Crippen molar-refractivity contribution in [3.8, 4) is 6.07 Å². The molecular formula is C11H12N2O3. The highest BCUT2D eigenvalue weighted by Gasteiger charge is 2.01. The Hall–Kier alpha value is -2.06. The smallest absolute Gasteiger partial charge is 0.407 e. The molecule has 0 heterocycles. The van der Waals surface area contributed by atoms with Crippen LogP contribution >= 0.6 is 0 Å². The van der Waals surface area contributed by atoms with Crippen LogP contribution < -0.4 is 5.32 Å². The van der Waals surface area contributed by atoms with Gasteiger partial charge in [0.1, 0.15) is 6.61 Å². The van der Waals surface area contributed by atoms with E-state index in [-0.39, 0.29) is 19.8 Å². The van der Waals surface area contributed by atoms with E-state index < -0.39 is 6.09 Å². The summed E-state index contributed by atoms with van der Waals surface area (Å²) < 4.78 is 4.86. The second-order valence-electron chi connectivity index (χ2n) is 3.04. The average Bonchev–Trinajstić information content (AvgIpc) is 2.34. The lowest BCUT2D eigenvalue weighted by molar-refractivity contribution is 0.137. The number of nitrogens with zero attached hydrogens (tertiary/aromatic N) is 1. The fourth-order valence-corrected chi connectivity index (χ4v) is 1.03. The second kappa shape index (κ2) is 6.43. The molecule has 5 nitrogen and oxygen atoms in total. The molecule has 0 spiro atoms.